The molecule has 3 rings (SSSR count). The van der Waals surface area contributed by atoms with Crippen molar-refractivity contribution in [3.63, 3.8) is 0 Å². The van der Waals surface area contributed by atoms with Crippen molar-refractivity contribution in [1.29, 1.82) is 0 Å². The number of carbonyl (C=O) groups excluding carboxylic acids is 1. The van der Waals surface area contributed by atoms with Crippen LogP contribution in [-0.2, 0) is 4.79 Å². The number of hydrogen-bond acceptors (Lipinski definition) is 3. The van der Waals surface area contributed by atoms with E-state index in [1.165, 1.54) is 4.90 Å². The molecule has 1 heterocycles. The lowest BCUT2D eigenvalue weighted by Crippen LogP contribution is -2.36. The van der Waals surface area contributed by atoms with Crippen LogP contribution in [0.1, 0.15) is 23.2 Å². The van der Waals surface area contributed by atoms with Gasteiger partial charge in [-0.3, -0.25) is 9.69 Å². The summed E-state index contributed by atoms with van der Waals surface area (Å²) in [6, 6.07) is 15.9. The first kappa shape index (κ1) is 16.1. The summed E-state index contributed by atoms with van der Waals surface area (Å²) in [4.78, 5) is 14.3. The van der Waals surface area contributed by atoms with Gasteiger partial charge in [-0.2, -0.15) is 0 Å². The van der Waals surface area contributed by atoms with Gasteiger partial charge in [0, 0.05) is 4.47 Å². The molecule has 2 aromatic rings. The fourth-order valence-electron chi connectivity index (χ4n) is 2.71. The van der Waals surface area contributed by atoms with E-state index in [1.54, 1.807) is 0 Å². The van der Waals surface area contributed by atoms with Crippen molar-refractivity contribution in [2.75, 3.05) is 6.61 Å². The lowest BCUT2D eigenvalue weighted by atomic mass is 10.0. The predicted molar refractivity (Wildman–Crippen MR) is 95.7 cm³/mol. The number of rotatable bonds is 4. The van der Waals surface area contributed by atoms with E-state index in [4.69, 9.17) is 12.2 Å². The lowest BCUT2D eigenvalue weighted by molar-refractivity contribution is -0.129. The minimum Gasteiger partial charge on any atom is -0.394 e. The topological polar surface area (TPSA) is 52.6 Å². The summed E-state index contributed by atoms with van der Waals surface area (Å²) in [5.74, 6) is -0.153. The van der Waals surface area contributed by atoms with E-state index in [2.05, 4.69) is 21.2 Å². The van der Waals surface area contributed by atoms with Gasteiger partial charge in [0.2, 0.25) is 0 Å². The number of hydrogen-bond donors (Lipinski definition) is 2. The zero-order valence-electron chi connectivity index (χ0n) is 12.1. The van der Waals surface area contributed by atoms with Crippen molar-refractivity contribution in [3.8, 4) is 0 Å². The quantitative estimate of drug-likeness (QED) is 0.788. The minimum atomic E-state index is -0.509. The molecule has 2 atom stereocenters. The van der Waals surface area contributed by atoms with Gasteiger partial charge in [-0.15, -0.1) is 0 Å². The van der Waals surface area contributed by atoms with Gasteiger partial charge in [-0.1, -0.05) is 58.4 Å². The fourth-order valence-corrected chi connectivity index (χ4v) is 3.46. The maximum atomic E-state index is 12.8. The van der Waals surface area contributed by atoms with Crippen LogP contribution in [0.3, 0.4) is 0 Å². The van der Waals surface area contributed by atoms with Crippen LogP contribution < -0.4 is 5.32 Å². The average molecular weight is 391 g/mol. The minimum absolute atomic E-state index is 0.153. The summed E-state index contributed by atoms with van der Waals surface area (Å²) >= 11 is 8.75. The number of nitrogens with zero attached hydrogens (tertiary/aromatic N) is 1. The van der Waals surface area contributed by atoms with Crippen molar-refractivity contribution >= 4 is 39.2 Å². The van der Waals surface area contributed by atoms with Crippen LogP contribution >= 0.6 is 28.1 Å². The second-order valence-corrected chi connectivity index (χ2v) is 6.56. The van der Waals surface area contributed by atoms with Crippen LogP contribution in [0.15, 0.2) is 59.1 Å². The van der Waals surface area contributed by atoms with Crippen LogP contribution in [0.25, 0.3) is 0 Å². The summed E-state index contributed by atoms with van der Waals surface area (Å²) in [6.45, 7) is -0.203. The molecule has 0 radical (unpaired) electrons. The number of amides is 1. The molecule has 2 N–H and O–H groups in total. The molecule has 1 aliphatic rings. The number of carbonyl (C=O) groups is 1. The molecular weight excluding hydrogens is 376 g/mol. The molecule has 0 aromatic heterocycles. The van der Waals surface area contributed by atoms with E-state index in [9.17, 15) is 9.90 Å². The Morgan fingerprint density at radius 3 is 2.61 bits per heavy atom. The Bertz CT molecular complexity index is 738. The number of benzene rings is 2. The summed E-state index contributed by atoms with van der Waals surface area (Å²) < 4.78 is 0.888. The second-order valence-electron chi connectivity index (χ2n) is 5.25. The van der Waals surface area contributed by atoms with Crippen molar-refractivity contribution in [3.05, 3.63) is 70.2 Å². The summed E-state index contributed by atoms with van der Waals surface area (Å²) in [6.07, 6.45) is 0. The Morgan fingerprint density at radius 2 is 1.96 bits per heavy atom. The molecule has 2 aromatic carbocycles. The van der Waals surface area contributed by atoms with E-state index >= 15 is 0 Å². The highest BCUT2D eigenvalue weighted by Gasteiger charge is 2.40. The van der Waals surface area contributed by atoms with E-state index in [0.717, 1.165) is 15.6 Å². The van der Waals surface area contributed by atoms with E-state index < -0.39 is 12.1 Å². The largest absolute Gasteiger partial charge is 0.394 e. The number of aliphatic hydroxyl groups is 1. The van der Waals surface area contributed by atoms with Gasteiger partial charge in [0.1, 0.15) is 6.04 Å². The molecule has 1 saturated heterocycles. The molecule has 6 heteroatoms. The third-order valence-electron chi connectivity index (χ3n) is 3.82. The maximum Gasteiger partial charge on any atom is 0.256 e. The molecule has 23 heavy (non-hydrogen) atoms. The van der Waals surface area contributed by atoms with E-state index in [0.29, 0.717) is 5.11 Å². The van der Waals surface area contributed by atoms with Crippen LogP contribution in [0, 0.1) is 0 Å². The SMILES string of the molecule is O=C1[C@@H](c2ccccc2)NC(=S)N1[C@H](CO)c1cccc(Br)c1. The Kier molecular flexibility index (Phi) is 4.75. The highest BCUT2D eigenvalue weighted by atomic mass is 79.9. The van der Waals surface area contributed by atoms with Crippen LogP contribution in [-0.4, -0.2) is 27.6 Å². The van der Waals surface area contributed by atoms with E-state index in [1.807, 2.05) is 54.6 Å². The molecule has 4 nitrogen and oxygen atoms in total. The van der Waals surface area contributed by atoms with Gasteiger partial charge in [-0.05, 0) is 35.5 Å². The molecule has 0 bridgehead atoms. The van der Waals surface area contributed by atoms with Crippen LogP contribution in [0.5, 0.6) is 0 Å². The molecule has 0 saturated carbocycles. The maximum absolute atomic E-state index is 12.8. The molecule has 0 spiro atoms. The molecular formula is C17H15BrN2O2S. The predicted octanol–water partition coefficient (Wildman–Crippen LogP) is 2.94. The van der Waals surface area contributed by atoms with Crippen LogP contribution in [0.2, 0.25) is 0 Å². The fraction of sp³-hybridized carbons (Fsp3) is 0.176. The van der Waals surface area contributed by atoms with Gasteiger partial charge in [0.25, 0.3) is 5.91 Å². The summed E-state index contributed by atoms with van der Waals surface area (Å²) in [5, 5.41) is 13.2. The van der Waals surface area contributed by atoms with Gasteiger partial charge in [0.15, 0.2) is 5.11 Å². The van der Waals surface area contributed by atoms with Crippen molar-refractivity contribution in [1.82, 2.24) is 10.2 Å². The third kappa shape index (κ3) is 3.15. The molecule has 1 aliphatic heterocycles. The van der Waals surface area contributed by atoms with Crippen molar-refractivity contribution in [2.45, 2.75) is 12.1 Å². The normalized spacial score (nSPS) is 18.9. The Balaban J connectivity index is 1.92. The van der Waals surface area contributed by atoms with Crippen molar-refractivity contribution in [2.24, 2.45) is 0 Å². The second kappa shape index (κ2) is 6.78. The molecule has 0 unspecified atom stereocenters. The standard InChI is InChI=1S/C17H15BrN2O2S/c18-13-8-4-7-12(9-13)14(10-21)20-16(22)15(19-17(20)23)11-5-2-1-3-6-11/h1-9,14-15,21H,10H2,(H,19,23)/t14-,15-/m1/s1. The number of halogens is 1. The first-order chi connectivity index (χ1) is 11.1. The van der Waals surface area contributed by atoms with Crippen LogP contribution in [0.4, 0.5) is 0 Å². The van der Waals surface area contributed by atoms with E-state index in [-0.39, 0.29) is 12.5 Å². The third-order valence-corrected chi connectivity index (χ3v) is 4.63. The Morgan fingerprint density at radius 1 is 1.22 bits per heavy atom. The zero-order valence-corrected chi connectivity index (χ0v) is 14.5. The first-order valence-electron chi connectivity index (χ1n) is 7.16. The summed E-state index contributed by atoms with van der Waals surface area (Å²) in [5.41, 5.74) is 1.68. The van der Waals surface area contributed by atoms with Gasteiger partial charge < -0.3 is 10.4 Å². The highest BCUT2D eigenvalue weighted by molar-refractivity contribution is 9.10. The number of thiocarbonyl (C=S) groups is 1. The number of nitrogens with one attached hydrogen (secondary N) is 1. The van der Waals surface area contributed by atoms with Crippen molar-refractivity contribution < 1.29 is 9.90 Å². The smallest absolute Gasteiger partial charge is 0.256 e. The first-order valence-corrected chi connectivity index (χ1v) is 8.37. The molecule has 1 amide bonds. The lowest BCUT2D eigenvalue weighted by Gasteiger charge is -2.25. The van der Waals surface area contributed by atoms with Gasteiger partial charge in [0.05, 0.1) is 12.6 Å². The zero-order chi connectivity index (χ0) is 16.4. The van der Waals surface area contributed by atoms with Gasteiger partial charge >= 0.3 is 0 Å². The number of aliphatic hydroxyl groups excluding tert-OH is 1. The Labute approximate surface area is 148 Å². The Hall–Kier alpha value is -1.76. The average Bonchev–Trinajstić information content (AvgIpc) is 2.85. The monoisotopic (exact) mass is 390 g/mol. The van der Waals surface area contributed by atoms with Gasteiger partial charge in [-0.25, -0.2) is 0 Å². The summed E-state index contributed by atoms with van der Waals surface area (Å²) in [7, 11) is 0. The highest BCUT2D eigenvalue weighted by Crippen LogP contribution is 2.31. The molecule has 1 fully saturated rings. The molecule has 118 valence electrons. The molecule has 0 aliphatic carbocycles.